The van der Waals surface area contributed by atoms with Gasteiger partial charge in [-0.1, -0.05) is 41.9 Å². The Morgan fingerprint density at radius 3 is 2.38 bits per heavy atom. The van der Waals surface area contributed by atoms with E-state index in [9.17, 15) is 14.4 Å². The molecule has 214 valence electrons. The van der Waals surface area contributed by atoms with Gasteiger partial charge in [0.05, 0.1) is 5.52 Å². The van der Waals surface area contributed by atoms with Crippen LogP contribution in [0.1, 0.15) is 60.5 Å². The van der Waals surface area contributed by atoms with Crippen molar-refractivity contribution in [3.63, 3.8) is 0 Å². The van der Waals surface area contributed by atoms with E-state index in [1.807, 2.05) is 71.4 Å². The van der Waals surface area contributed by atoms with Crippen LogP contribution in [-0.2, 0) is 16.0 Å². The van der Waals surface area contributed by atoms with Crippen LogP contribution in [0.4, 0.5) is 0 Å². The molecular weight excluding hydrogens is 548 g/mol. The number of aromatic nitrogens is 1. The second kappa shape index (κ2) is 10.4. The average molecular weight is 581 g/mol. The molecule has 3 unspecified atom stereocenters. The fourth-order valence-electron chi connectivity index (χ4n) is 8.13. The van der Waals surface area contributed by atoms with Gasteiger partial charge >= 0.3 is 5.97 Å². The number of nitrogens with zero attached hydrogens (tertiary/aromatic N) is 1. The van der Waals surface area contributed by atoms with E-state index >= 15 is 0 Å². The van der Waals surface area contributed by atoms with Crippen LogP contribution in [-0.4, -0.2) is 28.1 Å². The lowest BCUT2D eigenvalue weighted by molar-refractivity contribution is -0.188. The van der Waals surface area contributed by atoms with Crippen molar-refractivity contribution in [2.24, 2.45) is 17.8 Å². The van der Waals surface area contributed by atoms with Crippen LogP contribution in [0.3, 0.4) is 0 Å². The summed E-state index contributed by atoms with van der Waals surface area (Å²) in [5.74, 6) is 0.980. The van der Waals surface area contributed by atoms with Gasteiger partial charge in [-0.05, 0) is 97.9 Å². The van der Waals surface area contributed by atoms with Crippen LogP contribution in [0.25, 0.3) is 16.6 Å². The molecule has 4 aliphatic rings. The van der Waals surface area contributed by atoms with Crippen molar-refractivity contribution < 1.29 is 14.3 Å². The maximum absolute atomic E-state index is 13.5. The van der Waals surface area contributed by atoms with E-state index in [1.54, 1.807) is 12.1 Å². The van der Waals surface area contributed by atoms with E-state index in [-0.39, 0.29) is 28.9 Å². The summed E-state index contributed by atoms with van der Waals surface area (Å²) in [5, 5.41) is 4.52. The monoisotopic (exact) mass is 580 g/mol. The molecule has 7 heteroatoms. The Morgan fingerprint density at radius 2 is 1.69 bits per heavy atom. The zero-order valence-electron chi connectivity index (χ0n) is 23.5. The number of fused-ring (bicyclic) bond motifs is 1. The normalized spacial score (nSPS) is 25.9. The van der Waals surface area contributed by atoms with Gasteiger partial charge in [0.25, 0.3) is 5.91 Å². The first-order valence-electron chi connectivity index (χ1n) is 14.8. The molecule has 42 heavy (non-hydrogen) atoms. The Labute approximate surface area is 249 Å². The number of hydrogen-bond donors (Lipinski definition) is 1. The molecule has 4 aromatic rings. The van der Waals surface area contributed by atoms with Crippen LogP contribution in [0.15, 0.2) is 83.8 Å². The third kappa shape index (κ3) is 4.92. The lowest BCUT2D eigenvalue weighted by atomic mass is 9.52. The number of rotatable bonds is 6. The third-order valence-electron chi connectivity index (χ3n) is 9.56. The van der Waals surface area contributed by atoms with E-state index in [0.717, 1.165) is 48.9 Å². The summed E-state index contributed by atoms with van der Waals surface area (Å²) >= 11 is 6.30. The van der Waals surface area contributed by atoms with Crippen molar-refractivity contribution in [3.05, 3.63) is 111 Å². The molecule has 0 spiro atoms. The van der Waals surface area contributed by atoms with Crippen molar-refractivity contribution in [1.29, 1.82) is 0 Å². The number of carbonyl (C=O) groups is 2. The van der Waals surface area contributed by atoms with Gasteiger partial charge in [-0.3, -0.25) is 14.4 Å². The van der Waals surface area contributed by atoms with Crippen molar-refractivity contribution in [2.75, 3.05) is 0 Å². The molecule has 3 aromatic carbocycles. The summed E-state index contributed by atoms with van der Waals surface area (Å²) in [5.41, 5.74) is 3.58. The number of esters is 1. The van der Waals surface area contributed by atoms with Crippen LogP contribution in [0.5, 0.6) is 0 Å². The van der Waals surface area contributed by atoms with E-state index < -0.39 is 0 Å². The summed E-state index contributed by atoms with van der Waals surface area (Å²) in [6.07, 6.45) is 7.14. The summed E-state index contributed by atoms with van der Waals surface area (Å²) in [7, 11) is 0. The Hall–Kier alpha value is -3.90. The number of carbonyl (C=O) groups excluding carboxylic acids is 2. The zero-order chi connectivity index (χ0) is 29.0. The highest BCUT2D eigenvalue weighted by atomic mass is 35.5. The quantitative estimate of drug-likeness (QED) is 0.265. The first-order chi connectivity index (χ1) is 20.3. The molecule has 0 saturated heterocycles. The molecule has 4 saturated carbocycles. The van der Waals surface area contributed by atoms with Gasteiger partial charge < -0.3 is 14.6 Å². The molecule has 5 atom stereocenters. The predicted molar refractivity (Wildman–Crippen MR) is 163 cm³/mol. The minimum absolute atomic E-state index is 0.0240. The number of hydrogen-bond acceptors (Lipinski definition) is 4. The number of nitrogens with one attached hydrogen (secondary N) is 1. The fraction of sp³-hybridized carbons (Fsp3) is 0.343. The molecule has 8 rings (SSSR count). The summed E-state index contributed by atoms with van der Waals surface area (Å²) in [6.45, 7) is 1.50. The molecule has 4 fully saturated rings. The Balaban J connectivity index is 1.10. The Morgan fingerprint density at radius 1 is 0.976 bits per heavy atom. The van der Waals surface area contributed by atoms with Crippen LogP contribution in [0, 0.1) is 17.8 Å². The molecule has 0 aliphatic heterocycles. The second-order valence-electron chi connectivity index (χ2n) is 12.5. The number of pyridine rings is 1. The molecule has 6 nitrogen and oxygen atoms in total. The van der Waals surface area contributed by atoms with E-state index in [4.69, 9.17) is 16.3 Å². The van der Waals surface area contributed by atoms with Crippen LogP contribution >= 0.6 is 11.6 Å². The average Bonchev–Trinajstić information content (AvgIpc) is 2.96. The fourth-order valence-corrected chi connectivity index (χ4v) is 8.29. The van der Waals surface area contributed by atoms with Gasteiger partial charge in [0.2, 0.25) is 0 Å². The standard InChI is InChI=1S/C35H33ClN2O4/c1-21(39)42-35-17-23-14-25(18-35)32(26(15-23)19-35)37-34(41)24-9-7-22(8-10-24)13-27-20-38(29-5-3-2-4-6-29)31-16-28(36)11-12-30(31)33(27)40/h2-12,16,20,23,25-26,32H,13-15,17-19H2,1H3,(H,37,41)/t23?,25-,26+,32?,35?. The zero-order valence-corrected chi connectivity index (χ0v) is 24.3. The minimum Gasteiger partial charge on any atom is -0.459 e. The topological polar surface area (TPSA) is 77.4 Å². The van der Waals surface area contributed by atoms with Gasteiger partial charge in [-0.2, -0.15) is 0 Å². The van der Waals surface area contributed by atoms with Crippen molar-refractivity contribution in [3.8, 4) is 5.69 Å². The highest BCUT2D eigenvalue weighted by Crippen LogP contribution is 2.57. The van der Waals surface area contributed by atoms with Gasteiger partial charge in [-0.15, -0.1) is 0 Å². The van der Waals surface area contributed by atoms with Crippen molar-refractivity contribution in [1.82, 2.24) is 9.88 Å². The summed E-state index contributed by atoms with van der Waals surface area (Å²) < 4.78 is 7.85. The SMILES string of the molecule is CC(=O)OC12CC3C[C@H](C1)C(NC(=O)c1ccc(Cc4cn(-c5ccccc5)c5cc(Cl)ccc5c4=O)cc1)[C@@H](C3)C2. The molecule has 1 N–H and O–H groups in total. The predicted octanol–water partition coefficient (Wildman–Crippen LogP) is 6.48. The second-order valence-corrected chi connectivity index (χ2v) is 12.9. The van der Waals surface area contributed by atoms with Gasteiger partial charge in [0.15, 0.2) is 5.43 Å². The maximum atomic E-state index is 13.5. The third-order valence-corrected chi connectivity index (χ3v) is 9.80. The van der Waals surface area contributed by atoms with Crippen LogP contribution in [0.2, 0.25) is 5.02 Å². The maximum Gasteiger partial charge on any atom is 0.303 e. The molecule has 0 radical (unpaired) electrons. The van der Waals surface area contributed by atoms with Crippen molar-refractivity contribution >= 4 is 34.4 Å². The first kappa shape index (κ1) is 27.0. The smallest absolute Gasteiger partial charge is 0.303 e. The van der Waals surface area contributed by atoms with Crippen LogP contribution < -0.4 is 10.7 Å². The number of benzene rings is 3. The van der Waals surface area contributed by atoms with Gasteiger partial charge in [0, 0.05) is 52.8 Å². The van der Waals surface area contributed by atoms with E-state index in [0.29, 0.717) is 45.7 Å². The minimum atomic E-state index is -0.334. The first-order valence-corrected chi connectivity index (χ1v) is 15.1. The molecule has 1 amide bonds. The molecule has 4 bridgehead atoms. The Bertz CT molecular complexity index is 1730. The molecule has 1 aromatic heterocycles. The molecule has 4 aliphatic carbocycles. The number of amides is 1. The lowest BCUT2D eigenvalue weighted by Gasteiger charge is -2.59. The molecular formula is C35H33ClN2O4. The summed E-state index contributed by atoms with van der Waals surface area (Å²) in [4.78, 5) is 38.6. The number of halogens is 1. The van der Waals surface area contributed by atoms with Gasteiger partial charge in [-0.25, -0.2) is 0 Å². The van der Waals surface area contributed by atoms with E-state index in [1.165, 1.54) is 6.92 Å². The highest BCUT2D eigenvalue weighted by Gasteiger charge is 2.57. The van der Waals surface area contributed by atoms with E-state index in [2.05, 4.69) is 5.32 Å². The largest absolute Gasteiger partial charge is 0.459 e. The number of ether oxygens (including phenoxy) is 1. The number of para-hydroxylation sites is 1. The lowest BCUT2D eigenvalue weighted by Crippen LogP contribution is -2.62. The summed E-state index contributed by atoms with van der Waals surface area (Å²) in [6, 6.07) is 22.9. The molecule has 1 heterocycles. The Kier molecular flexibility index (Phi) is 6.69. The van der Waals surface area contributed by atoms with Crippen molar-refractivity contribution in [2.45, 2.75) is 57.1 Å². The van der Waals surface area contributed by atoms with Gasteiger partial charge in [0.1, 0.15) is 5.60 Å². The highest BCUT2D eigenvalue weighted by molar-refractivity contribution is 6.31.